The number of aromatic nitrogens is 4. The first-order chi connectivity index (χ1) is 16.2. The number of anilines is 1. The normalized spacial score (nSPS) is 14.9. The molecule has 1 aliphatic rings. The van der Waals surface area contributed by atoms with Crippen LogP contribution in [0.4, 0.5) is 5.69 Å². The topological polar surface area (TPSA) is 78.8 Å². The molecule has 1 saturated heterocycles. The lowest BCUT2D eigenvalue weighted by Crippen LogP contribution is -2.37. The Balaban J connectivity index is 1.13. The van der Waals surface area contributed by atoms with E-state index in [1.54, 1.807) is 12.4 Å². The molecule has 2 aromatic carbocycles. The van der Waals surface area contributed by atoms with Crippen LogP contribution < -0.4 is 5.32 Å². The van der Waals surface area contributed by atoms with E-state index >= 15 is 0 Å². The van der Waals surface area contributed by atoms with Gasteiger partial charge in [-0.1, -0.05) is 36.4 Å². The third-order valence-electron chi connectivity index (χ3n) is 6.20. The Morgan fingerprint density at radius 3 is 2.55 bits per heavy atom. The number of hydrogen-bond acceptors (Lipinski definition) is 4. The minimum Gasteiger partial charge on any atom is -0.326 e. The monoisotopic (exact) mass is 440 g/mol. The van der Waals surface area contributed by atoms with Crippen LogP contribution in [0.1, 0.15) is 24.0 Å². The first kappa shape index (κ1) is 21.2. The number of H-pyrrole nitrogens is 1. The SMILES string of the molecule is O=C(Nc1cccc(-c2ccn[nH]2)c1)C1CCN(Cc2cccc(Cn3cccn3)c2)CC1. The third-order valence-corrected chi connectivity index (χ3v) is 6.20. The number of piperidine rings is 1. The average molecular weight is 441 g/mol. The minimum absolute atomic E-state index is 0.0446. The van der Waals surface area contributed by atoms with Crippen LogP contribution in [-0.4, -0.2) is 43.9 Å². The van der Waals surface area contributed by atoms with E-state index < -0.39 is 0 Å². The fourth-order valence-corrected chi connectivity index (χ4v) is 4.44. The lowest BCUT2D eigenvalue weighted by atomic mass is 9.95. The van der Waals surface area contributed by atoms with Gasteiger partial charge in [0.1, 0.15) is 0 Å². The second kappa shape index (κ2) is 9.83. The van der Waals surface area contributed by atoms with Gasteiger partial charge in [0.25, 0.3) is 0 Å². The smallest absolute Gasteiger partial charge is 0.227 e. The highest BCUT2D eigenvalue weighted by Gasteiger charge is 2.25. The number of nitrogens with one attached hydrogen (secondary N) is 2. The highest BCUT2D eigenvalue weighted by atomic mass is 16.1. The van der Waals surface area contributed by atoms with Crippen LogP contribution in [0.5, 0.6) is 0 Å². The predicted octanol–water partition coefficient (Wildman–Crippen LogP) is 4.17. The van der Waals surface area contributed by atoms with E-state index in [0.717, 1.165) is 56.0 Å². The fourth-order valence-electron chi connectivity index (χ4n) is 4.44. The molecule has 7 nitrogen and oxygen atoms in total. The summed E-state index contributed by atoms with van der Waals surface area (Å²) in [5.74, 6) is 0.154. The summed E-state index contributed by atoms with van der Waals surface area (Å²) in [5, 5.41) is 14.4. The number of carbonyl (C=O) groups excluding carboxylic acids is 1. The van der Waals surface area contributed by atoms with E-state index in [4.69, 9.17) is 0 Å². The molecule has 33 heavy (non-hydrogen) atoms. The standard InChI is InChI=1S/C26H28N6O/c33-26(29-24-7-2-6-23(17-24)25-8-12-27-30-25)22-9-14-31(15-10-22)18-20-4-1-5-21(16-20)19-32-13-3-11-28-32/h1-8,11-13,16-17,22H,9-10,14-15,18-19H2,(H,27,30)(H,29,33). The first-order valence-electron chi connectivity index (χ1n) is 11.4. The number of likely N-dealkylation sites (tertiary alicyclic amines) is 1. The van der Waals surface area contributed by atoms with Gasteiger partial charge in [-0.2, -0.15) is 10.2 Å². The molecule has 2 aromatic heterocycles. The quantitative estimate of drug-likeness (QED) is 0.452. The van der Waals surface area contributed by atoms with E-state index in [1.807, 2.05) is 47.3 Å². The second-order valence-corrected chi connectivity index (χ2v) is 8.61. The molecular formula is C26H28N6O. The van der Waals surface area contributed by atoms with Crippen molar-refractivity contribution >= 4 is 11.6 Å². The first-order valence-corrected chi connectivity index (χ1v) is 11.4. The van der Waals surface area contributed by atoms with Crippen molar-refractivity contribution in [1.29, 1.82) is 0 Å². The molecule has 5 rings (SSSR count). The van der Waals surface area contributed by atoms with Crippen LogP contribution in [0.15, 0.2) is 79.3 Å². The van der Waals surface area contributed by atoms with Crippen LogP contribution in [0.2, 0.25) is 0 Å². The summed E-state index contributed by atoms with van der Waals surface area (Å²) >= 11 is 0. The summed E-state index contributed by atoms with van der Waals surface area (Å²) in [4.78, 5) is 15.3. The number of carbonyl (C=O) groups is 1. The maximum atomic E-state index is 12.9. The summed E-state index contributed by atoms with van der Waals surface area (Å²) in [6.07, 6.45) is 7.26. The zero-order chi connectivity index (χ0) is 22.5. The molecule has 0 radical (unpaired) electrons. The molecule has 0 aliphatic carbocycles. The molecule has 2 N–H and O–H groups in total. The van der Waals surface area contributed by atoms with Crippen LogP contribution in [-0.2, 0) is 17.9 Å². The molecule has 0 unspecified atom stereocenters. The maximum absolute atomic E-state index is 12.9. The molecule has 1 amide bonds. The molecule has 0 spiro atoms. The van der Waals surface area contributed by atoms with Crippen molar-refractivity contribution < 1.29 is 4.79 Å². The summed E-state index contributed by atoms with van der Waals surface area (Å²) in [6, 6.07) is 20.4. The van der Waals surface area contributed by atoms with Gasteiger partial charge in [-0.25, -0.2) is 0 Å². The Morgan fingerprint density at radius 2 is 1.79 bits per heavy atom. The maximum Gasteiger partial charge on any atom is 0.227 e. The van der Waals surface area contributed by atoms with Gasteiger partial charge in [-0.3, -0.25) is 19.5 Å². The molecule has 1 fully saturated rings. The van der Waals surface area contributed by atoms with Gasteiger partial charge in [-0.05, 0) is 61.3 Å². The number of rotatable bonds is 7. The highest BCUT2D eigenvalue weighted by molar-refractivity contribution is 5.93. The van der Waals surface area contributed by atoms with E-state index in [9.17, 15) is 4.79 Å². The summed E-state index contributed by atoms with van der Waals surface area (Å²) in [7, 11) is 0. The minimum atomic E-state index is 0.0446. The molecule has 7 heteroatoms. The Kier molecular flexibility index (Phi) is 6.30. The van der Waals surface area contributed by atoms with Crippen molar-refractivity contribution in [3.63, 3.8) is 0 Å². The summed E-state index contributed by atoms with van der Waals surface area (Å²) in [5.41, 5.74) is 5.33. The predicted molar refractivity (Wildman–Crippen MR) is 128 cm³/mol. The number of aromatic amines is 1. The van der Waals surface area contributed by atoms with E-state index in [-0.39, 0.29) is 11.8 Å². The lowest BCUT2D eigenvalue weighted by Gasteiger charge is -2.31. The molecule has 0 bridgehead atoms. The number of hydrogen-bond donors (Lipinski definition) is 2. The largest absolute Gasteiger partial charge is 0.326 e. The lowest BCUT2D eigenvalue weighted by molar-refractivity contribution is -0.121. The van der Waals surface area contributed by atoms with Crippen molar-refractivity contribution in [3.8, 4) is 11.3 Å². The molecule has 0 saturated carbocycles. The van der Waals surface area contributed by atoms with Gasteiger partial charge in [0.2, 0.25) is 5.91 Å². The third kappa shape index (κ3) is 5.38. The number of nitrogens with zero attached hydrogens (tertiary/aromatic N) is 4. The Hall–Kier alpha value is -3.71. The van der Waals surface area contributed by atoms with Crippen molar-refractivity contribution in [2.45, 2.75) is 25.9 Å². The number of benzene rings is 2. The molecule has 0 atom stereocenters. The van der Waals surface area contributed by atoms with Gasteiger partial charge in [0.05, 0.1) is 12.2 Å². The summed E-state index contributed by atoms with van der Waals surface area (Å²) < 4.78 is 1.94. The van der Waals surface area contributed by atoms with Crippen LogP contribution >= 0.6 is 0 Å². The van der Waals surface area contributed by atoms with Crippen LogP contribution in [0.25, 0.3) is 11.3 Å². The molecular weight excluding hydrogens is 412 g/mol. The van der Waals surface area contributed by atoms with E-state index in [0.29, 0.717) is 0 Å². The van der Waals surface area contributed by atoms with Gasteiger partial charge in [0.15, 0.2) is 0 Å². The summed E-state index contributed by atoms with van der Waals surface area (Å²) in [6.45, 7) is 3.55. The van der Waals surface area contributed by atoms with Crippen molar-refractivity contribution in [3.05, 3.63) is 90.4 Å². The van der Waals surface area contributed by atoms with Gasteiger partial charge >= 0.3 is 0 Å². The van der Waals surface area contributed by atoms with Crippen molar-refractivity contribution in [2.75, 3.05) is 18.4 Å². The number of amides is 1. The van der Waals surface area contributed by atoms with E-state index in [2.05, 4.69) is 49.8 Å². The van der Waals surface area contributed by atoms with Gasteiger partial charge in [0, 0.05) is 42.3 Å². The van der Waals surface area contributed by atoms with Crippen molar-refractivity contribution in [1.82, 2.24) is 24.9 Å². The zero-order valence-electron chi connectivity index (χ0n) is 18.5. The molecule has 3 heterocycles. The highest BCUT2D eigenvalue weighted by Crippen LogP contribution is 2.24. The Labute approximate surface area is 193 Å². The van der Waals surface area contributed by atoms with Gasteiger partial charge in [-0.15, -0.1) is 0 Å². The van der Waals surface area contributed by atoms with Crippen LogP contribution in [0, 0.1) is 5.92 Å². The van der Waals surface area contributed by atoms with Crippen LogP contribution in [0.3, 0.4) is 0 Å². The average Bonchev–Trinajstić information content (AvgIpc) is 3.55. The van der Waals surface area contributed by atoms with Gasteiger partial charge < -0.3 is 5.32 Å². The second-order valence-electron chi connectivity index (χ2n) is 8.61. The van der Waals surface area contributed by atoms with E-state index in [1.165, 1.54) is 11.1 Å². The molecule has 1 aliphatic heterocycles. The molecule has 4 aromatic rings. The molecule has 168 valence electrons. The zero-order valence-corrected chi connectivity index (χ0v) is 18.5. The fraction of sp³-hybridized carbons (Fsp3) is 0.269. The van der Waals surface area contributed by atoms with Crippen molar-refractivity contribution in [2.24, 2.45) is 5.92 Å². The Bertz CT molecular complexity index is 1180. The Morgan fingerprint density at radius 1 is 0.970 bits per heavy atom.